The minimum atomic E-state index is -1.02. The van der Waals surface area contributed by atoms with E-state index < -0.39 is 18.1 Å². The molecule has 3 aliphatic rings. The second kappa shape index (κ2) is 6.37. The maximum absolute atomic E-state index is 12.5. The van der Waals surface area contributed by atoms with Crippen molar-refractivity contribution in [2.45, 2.75) is 57.7 Å². The van der Waals surface area contributed by atoms with Gasteiger partial charge >= 0.3 is 5.97 Å². The molecule has 1 N–H and O–H groups in total. The number of hydrogen-bond acceptors (Lipinski definition) is 5. The second-order valence-electron chi connectivity index (χ2n) is 6.74. The van der Waals surface area contributed by atoms with E-state index in [0.29, 0.717) is 12.8 Å². The summed E-state index contributed by atoms with van der Waals surface area (Å²) in [6.07, 6.45) is 5.76. The molecule has 1 heterocycles. The van der Waals surface area contributed by atoms with Crippen LogP contribution >= 0.6 is 0 Å². The summed E-state index contributed by atoms with van der Waals surface area (Å²) in [5.41, 5.74) is 0. The first-order chi connectivity index (χ1) is 11.4. The van der Waals surface area contributed by atoms with Crippen molar-refractivity contribution in [1.29, 1.82) is 0 Å². The zero-order chi connectivity index (χ0) is 17.4. The highest BCUT2D eigenvalue weighted by molar-refractivity contribution is 6.08. The van der Waals surface area contributed by atoms with Gasteiger partial charge in [-0.25, -0.2) is 4.79 Å². The number of likely N-dealkylation sites (tertiary alicyclic amines) is 1. The molecule has 4 atom stereocenters. The SMILES string of the molecule is C[C@@H](OC(=O)[C@H](C)N1C(=O)[C@H]2CC=CC[C@@H]2C1=O)C(=O)NC1CC1. The summed E-state index contributed by atoms with van der Waals surface area (Å²) in [6.45, 7) is 2.95. The zero-order valence-electron chi connectivity index (χ0n) is 13.9. The first kappa shape index (κ1) is 16.7. The molecule has 130 valence electrons. The van der Waals surface area contributed by atoms with Gasteiger partial charge in [0, 0.05) is 6.04 Å². The third-order valence-electron chi connectivity index (χ3n) is 4.86. The lowest BCUT2D eigenvalue weighted by atomic mass is 9.85. The van der Waals surface area contributed by atoms with Crippen LogP contribution in [0.1, 0.15) is 39.5 Å². The van der Waals surface area contributed by atoms with Crippen LogP contribution < -0.4 is 5.32 Å². The highest BCUT2D eigenvalue weighted by Gasteiger charge is 2.50. The summed E-state index contributed by atoms with van der Waals surface area (Å²) < 4.78 is 5.15. The van der Waals surface area contributed by atoms with Gasteiger partial charge in [-0.3, -0.25) is 19.3 Å². The lowest BCUT2D eigenvalue weighted by Crippen LogP contribution is -2.46. The molecule has 1 saturated heterocycles. The fraction of sp³-hybridized carbons (Fsp3) is 0.647. The zero-order valence-corrected chi connectivity index (χ0v) is 13.9. The van der Waals surface area contributed by atoms with E-state index in [0.717, 1.165) is 17.7 Å². The van der Waals surface area contributed by atoms with Crippen molar-refractivity contribution in [3.63, 3.8) is 0 Å². The van der Waals surface area contributed by atoms with Crippen molar-refractivity contribution in [2.75, 3.05) is 0 Å². The number of esters is 1. The third kappa shape index (κ3) is 3.07. The van der Waals surface area contributed by atoms with E-state index in [1.807, 2.05) is 12.2 Å². The van der Waals surface area contributed by atoms with Crippen LogP contribution in [-0.4, -0.2) is 46.8 Å². The van der Waals surface area contributed by atoms with Crippen LogP contribution in [0.4, 0.5) is 0 Å². The predicted molar refractivity (Wildman–Crippen MR) is 83.4 cm³/mol. The average Bonchev–Trinajstić information content (AvgIpc) is 3.34. The second-order valence-corrected chi connectivity index (χ2v) is 6.74. The Morgan fingerprint density at radius 1 is 1.12 bits per heavy atom. The highest BCUT2D eigenvalue weighted by Crippen LogP contribution is 2.36. The van der Waals surface area contributed by atoms with Crippen molar-refractivity contribution in [1.82, 2.24) is 10.2 Å². The summed E-state index contributed by atoms with van der Waals surface area (Å²) in [4.78, 5) is 50.1. The lowest BCUT2D eigenvalue weighted by Gasteiger charge is -2.23. The molecule has 7 nitrogen and oxygen atoms in total. The largest absolute Gasteiger partial charge is 0.451 e. The van der Waals surface area contributed by atoms with E-state index in [4.69, 9.17) is 4.74 Å². The van der Waals surface area contributed by atoms with Gasteiger partial charge in [-0.05, 0) is 39.5 Å². The van der Waals surface area contributed by atoms with Gasteiger partial charge in [0.05, 0.1) is 11.8 Å². The Labute approximate surface area is 140 Å². The van der Waals surface area contributed by atoms with Gasteiger partial charge in [0.1, 0.15) is 6.04 Å². The van der Waals surface area contributed by atoms with Crippen molar-refractivity contribution < 1.29 is 23.9 Å². The molecule has 3 amide bonds. The number of nitrogens with zero attached hydrogens (tertiary/aromatic N) is 1. The molecule has 0 unspecified atom stereocenters. The number of amides is 3. The molecule has 0 aromatic heterocycles. The quantitative estimate of drug-likeness (QED) is 0.450. The number of carbonyl (C=O) groups is 4. The molecular formula is C17H22N2O5. The van der Waals surface area contributed by atoms with E-state index in [1.165, 1.54) is 13.8 Å². The van der Waals surface area contributed by atoms with Gasteiger partial charge < -0.3 is 10.1 Å². The van der Waals surface area contributed by atoms with Gasteiger partial charge in [-0.2, -0.15) is 0 Å². The maximum Gasteiger partial charge on any atom is 0.329 e. The van der Waals surface area contributed by atoms with E-state index in [9.17, 15) is 19.2 Å². The molecule has 0 bridgehead atoms. The van der Waals surface area contributed by atoms with Crippen LogP contribution in [0.25, 0.3) is 0 Å². The Morgan fingerprint density at radius 2 is 1.67 bits per heavy atom. The Morgan fingerprint density at radius 3 is 2.17 bits per heavy atom. The summed E-state index contributed by atoms with van der Waals surface area (Å²) in [7, 11) is 0. The smallest absolute Gasteiger partial charge is 0.329 e. The summed E-state index contributed by atoms with van der Waals surface area (Å²) in [5, 5.41) is 2.75. The monoisotopic (exact) mass is 334 g/mol. The molecule has 2 aliphatic carbocycles. The molecule has 2 fully saturated rings. The fourth-order valence-electron chi connectivity index (χ4n) is 3.19. The Bertz CT molecular complexity index is 584. The summed E-state index contributed by atoms with van der Waals surface area (Å²) in [5.74, 6) is -2.50. The van der Waals surface area contributed by atoms with Crippen LogP contribution in [0, 0.1) is 11.8 Å². The van der Waals surface area contributed by atoms with Gasteiger partial charge in [0.15, 0.2) is 6.10 Å². The minimum absolute atomic E-state index is 0.174. The average molecular weight is 334 g/mol. The maximum atomic E-state index is 12.5. The lowest BCUT2D eigenvalue weighted by molar-refractivity contribution is -0.164. The Balaban J connectivity index is 1.61. The van der Waals surface area contributed by atoms with Gasteiger partial charge in [-0.1, -0.05) is 12.2 Å². The number of fused-ring (bicyclic) bond motifs is 1. The number of allylic oxidation sites excluding steroid dienone is 2. The number of ether oxygens (including phenoxy) is 1. The van der Waals surface area contributed by atoms with Crippen LogP contribution in [0.5, 0.6) is 0 Å². The van der Waals surface area contributed by atoms with Crippen LogP contribution in [0.2, 0.25) is 0 Å². The first-order valence-electron chi connectivity index (χ1n) is 8.43. The van der Waals surface area contributed by atoms with Crippen LogP contribution in [-0.2, 0) is 23.9 Å². The number of carbonyl (C=O) groups excluding carboxylic acids is 4. The van der Waals surface area contributed by atoms with E-state index in [2.05, 4.69) is 5.32 Å². The van der Waals surface area contributed by atoms with Crippen molar-refractivity contribution in [2.24, 2.45) is 11.8 Å². The molecule has 1 saturated carbocycles. The topological polar surface area (TPSA) is 92.8 Å². The predicted octanol–water partition coefficient (Wildman–Crippen LogP) is 0.536. The molecular weight excluding hydrogens is 312 g/mol. The number of rotatable bonds is 5. The molecule has 0 spiro atoms. The molecule has 3 rings (SSSR count). The molecule has 7 heteroatoms. The van der Waals surface area contributed by atoms with Gasteiger partial charge in [-0.15, -0.1) is 0 Å². The molecule has 0 aromatic rings. The number of hydrogen-bond donors (Lipinski definition) is 1. The molecule has 24 heavy (non-hydrogen) atoms. The summed E-state index contributed by atoms with van der Waals surface area (Å²) in [6, 6.07) is -0.847. The Hall–Kier alpha value is -2.18. The highest BCUT2D eigenvalue weighted by atomic mass is 16.5. The molecule has 0 radical (unpaired) electrons. The van der Waals surface area contributed by atoms with Crippen LogP contribution in [0.3, 0.4) is 0 Å². The fourth-order valence-corrected chi connectivity index (χ4v) is 3.19. The molecule has 0 aromatic carbocycles. The standard InChI is InChI=1S/C17H22N2O5/c1-9(17(23)24-10(2)14(20)18-11-7-8-11)19-15(21)12-5-3-4-6-13(12)16(19)22/h3-4,9-13H,5-8H2,1-2H3,(H,18,20)/t9-,10+,12-,13-/m0/s1. The first-order valence-corrected chi connectivity index (χ1v) is 8.43. The van der Waals surface area contributed by atoms with Crippen molar-refractivity contribution >= 4 is 23.7 Å². The van der Waals surface area contributed by atoms with Crippen molar-refractivity contribution in [3.05, 3.63) is 12.2 Å². The van der Waals surface area contributed by atoms with E-state index >= 15 is 0 Å². The van der Waals surface area contributed by atoms with E-state index in [-0.39, 0.29) is 35.6 Å². The van der Waals surface area contributed by atoms with Crippen LogP contribution in [0.15, 0.2) is 12.2 Å². The summed E-state index contributed by atoms with van der Waals surface area (Å²) >= 11 is 0. The Kier molecular flexibility index (Phi) is 4.43. The van der Waals surface area contributed by atoms with Gasteiger partial charge in [0.2, 0.25) is 11.8 Å². The normalized spacial score (nSPS) is 28.3. The number of imide groups is 1. The van der Waals surface area contributed by atoms with E-state index in [1.54, 1.807) is 0 Å². The molecule has 1 aliphatic heterocycles. The third-order valence-corrected chi connectivity index (χ3v) is 4.86. The van der Waals surface area contributed by atoms with Crippen molar-refractivity contribution in [3.8, 4) is 0 Å². The number of nitrogens with one attached hydrogen (secondary N) is 1. The minimum Gasteiger partial charge on any atom is -0.451 e. The van der Waals surface area contributed by atoms with Gasteiger partial charge in [0.25, 0.3) is 5.91 Å².